The molecule has 0 aliphatic carbocycles. The normalized spacial score (nSPS) is 10.7. The van der Waals surface area contributed by atoms with Crippen LogP contribution in [0, 0.1) is 0 Å². The molecule has 0 atom stereocenters. The van der Waals surface area contributed by atoms with Gasteiger partial charge in [0.15, 0.2) is 0 Å². The third kappa shape index (κ3) is 4.52. The van der Waals surface area contributed by atoms with Crippen molar-refractivity contribution >= 4 is 17.3 Å². The maximum absolute atomic E-state index is 5.73. The van der Waals surface area contributed by atoms with Crippen LogP contribution < -0.4 is 5.32 Å². The number of nitrogens with one attached hydrogen (secondary N) is 1. The van der Waals surface area contributed by atoms with Gasteiger partial charge in [0.05, 0.1) is 11.9 Å². The highest BCUT2D eigenvalue weighted by Gasteiger charge is 2.05. The van der Waals surface area contributed by atoms with Crippen molar-refractivity contribution in [3.8, 4) is 0 Å². The minimum Gasteiger partial charge on any atom is -0.381 e. The largest absolute Gasteiger partial charge is 0.381 e. The van der Waals surface area contributed by atoms with E-state index in [0.717, 1.165) is 5.69 Å². The Labute approximate surface area is 97.1 Å². The highest BCUT2D eigenvalue weighted by atomic mass is 35.5. The van der Waals surface area contributed by atoms with Crippen LogP contribution >= 0.6 is 11.6 Å². The predicted molar refractivity (Wildman–Crippen MR) is 66.5 cm³/mol. The zero-order chi connectivity index (χ0) is 11.1. The van der Waals surface area contributed by atoms with E-state index in [9.17, 15) is 0 Å². The quantitative estimate of drug-likeness (QED) is 0.739. The lowest BCUT2D eigenvalue weighted by molar-refractivity contribution is 0.586. The summed E-state index contributed by atoms with van der Waals surface area (Å²) in [6.07, 6.45) is 6.62. The van der Waals surface area contributed by atoms with Gasteiger partial charge >= 0.3 is 0 Å². The highest BCUT2D eigenvalue weighted by molar-refractivity contribution is 6.29. The fraction of sp³-hybridized carbons (Fsp3) is 0.583. The van der Waals surface area contributed by atoms with Crippen LogP contribution in [0.3, 0.4) is 0 Å². The zero-order valence-corrected chi connectivity index (χ0v) is 10.2. The van der Waals surface area contributed by atoms with Crippen LogP contribution in [0.4, 0.5) is 5.69 Å². The van der Waals surface area contributed by atoms with E-state index < -0.39 is 0 Å². The van der Waals surface area contributed by atoms with Gasteiger partial charge in [0.1, 0.15) is 5.15 Å². The molecule has 1 rings (SSSR count). The smallest absolute Gasteiger partial charge is 0.129 e. The zero-order valence-electron chi connectivity index (χ0n) is 9.46. The molecular weight excluding hydrogens is 208 g/mol. The Morgan fingerprint density at radius 2 is 1.93 bits per heavy atom. The summed E-state index contributed by atoms with van der Waals surface area (Å²) in [5, 5.41) is 4.03. The Morgan fingerprint density at radius 1 is 1.27 bits per heavy atom. The second kappa shape index (κ2) is 6.67. The Bertz CT molecular complexity index is 265. The summed E-state index contributed by atoms with van der Waals surface area (Å²) in [5.74, 6) is 0. The van der Waals surface area contributed by atoms with Crippen LogP contribution in [0.2, 0.25) is 5.15 Å². The van der Waals surface area contributed by atoms with E-state index in [2.05, 4.69) is 24.1 Å². The molecule has 0 amide bonds. The van der Waals surface area contributed by atoms with Gasteiger partial charge < -0.3 is 5.32 Å². The molecule has 1 aromatic rings. The van der Waals surface area contributed by atoms with E-state index in [1.54, 1.807) is 6.20 Å². The Morgan fingerprint density at radius 3 is 2.40 bits per heavy atom. The summed E-state index contributed by atoms with van der Waals surface area (Å²) in [6.45, 7) is 4.43. The Balaban J connectivity index is 2.53. The molecule has 15 heavy (non-hydrogen) atoms. The summed E-state index contributed by atoms with van der Waals surface area (Å²) < 4.78 is 0. The van der Waals surface area contributed by atoms with E-state index >= 15 is 0 Å². The number of nitrogens with zero attached hydrogens (tertiary/aromatic N) is 1. The van der Waals surface area contributed by atoms with Gasteiger partial charge in [0.25, 0.3) is 0 Å². The predicted octanol–water partition coefficient (Wildman–Crippen LogP) is 4.12. The van der Waals surface area contributed by atoms with Gasteiger partial charge in [-0.1, -0.05) is 38.3 Å². The Hall–Kier alpha value is -0.760. The number of aromatic nitrogens is 1. The van der Waals surface area contributed by atoms with E-state index in [1.165, 1.54) is 25.7 Å². The summed E-state index contributed by atoms with van der Waals surface area (Å²) in [7, 11) is 0. The van der Waals surface area contributed by atoms with Crippen molar-refractivity contribution in [1.29, 1.82) is 0 Å². The van der Waals surface area contributed by atoms with Crippen LogP contribution in [0.15, 0.2) is 18.3 Å². The van der Waals surface area contributed by atoms with Gasteiger partial charge in [-0.3, -0.25) is 0 Å². The monoisotopic (exact) mass is 226 g/mol. The summed E-state index contributed by atoms with van der Waals surface area (Å²) in [4.78, 5) is 4.06. The minimum absolute atomic E-state index is 0.545. The lowest BCUT2D eigenvalue weighted by atomic mass is 10.1. The van der Waals surface area contributed by atoms with E-state index in [4.69, 9.17) is 11.6 Å². The molecule has 0 aromatic carbocycles. The second-order valence-electron chi connectivity index (χ2n) is 3.79. The summed E-state index contributed by atoms with van der Waals surface area (Å²) in [5.41, 5.74) is 1.06. The van der Waals surface area contributed by atoms with Crippen molar-refractivity contribution in [2.24, 2.45) is 0 Å². The number of halogens is 1. The summed E-state index contributed by atoms with van der Waals surface area (Å²) in [6, 6.07) is 4.36. The molecule has 1 heterocycles. The third-order valence-electron chi connectivity index (χ3n) is 2.37. The van der Waals surface area contributed by atoms with Crippen LogP contribution in [0.25, 0.3) is 0 Å². The maximum atomic E-state index is 5.73. The van der Waals surface area contributed by atoms with Crippen LogP contribution in [0.5, 0.6) is 0 Å². The first-order valence-electron chi connectivity index (χ1n) is 5.64. The average Bonchev–Trinajstić information content (AvgIpc) is 2.22. The highest BCUT2D eigenvalue weighted by Crippen LogP contribution is 2.15. The van der Waals surface area contributed by atoms with Gasteiger partial charge in [0.2, 0.25) is 0 Å². The lowest BCUT2D eigenvalue weighted by Crippen LogP contribution is -2.18. The van der Waals surface area contributed by atoms with Crippen LogP contribution in [0.1, 0.15) is 39.5 Å². The average molecular weight is 227 g/mol. The van der Waals surface area contributed by atoms with Gasteiger partial charge in [0, 0.05) is 6.04 Å². The van der Waals surface area contributed by atoms with Crippen molar-refractivity contribution in [3.63, 3.8) is 0 Å². The van der Waals surface area contributed by atoms with Gasteiger partial charge in [-0.05, 0) is 25.0 Å². The van der Waals surface area contributed by atoms with Crippen molar-refractivity contribution in [3.05, 3.63) is 23.5 Å². The van der Waals surface area contributed by atoms with Crippen molar-refractivity contribution in [2.45, 2.75) is 45.6 Å². The van der Waals surface area contributed by atoms with Crippen LogP contribution in [-0.2, 0) is 0 Å². The van der Waals surface area contributed by atoms with E-state index in [-0.39, 0.29) is 0 Å². The molecule has 0 saturated carbocycles. The van der Waals surface area contributed by atoms with E-state index in [0.29, 0.717) is 11.2 Å². The summed E-state index contributed by atoms with van der Waals surface area (Å²) >= 11 is 5.73. The number of rotatable bonds is 6. The molecule has 1 N–H and O–H groups in total. The standard InChI is InChI=1S/C12H19ClN2/c1-3-5-10(6-4-2)15-11-7-8-12(13)14-9-11/h7-10,15H,3-6H2,1-2H3. The van der Waals surface area contributed by atoms with Gasteiger partial charge in [-0.25, -0.2) is 4.98 Å². The fourth-order valence-corrected chi connectivity index (χ4v) is 1.79. The van der Waals surface area contributed by atoms with Crippen molar-refractivity contribution in [1.82, 2.24) is 4.98 Å². The van der Waals surface area contributed by atoms with Crippen LogP contribution in [-0.4, -0.2) is 11.0 Å². The fourth-order valence-electron chi connectivity index (χ4n) is 1.68. The molecule has 0 unspecified atom stereocenters. The number of pyridine rings is 1. The molecule has 1 aromatic heterocycles. The number of hydrogen-bond donors (Lipinski definition) is 1. The number of hydrogen-bond acceptors (Lipinski definition) is 2. The molecule has 84 valence electrons. The molecule has 0 aliphatic heterocycles. The van der Waals surface area contributed by atoms with Gasteiger partial charge in [-0.15, -0.1) is 0 Å². The topological polar surface area (TPSA) is 24.9 Å². The number of anilines is 1. The van der Waals surface area contributed by atoms with E-state index in [1.807, 2.05) is 12.1 Å². The molecular formula is C12H19ClN2. The second-order valence-corrected chi connectivity index (χ2v) is 4.18. The Kier molecular flexibility index (Phi) is 5.48. The first-order valence-corrected chi connectivity index (χ1v) is 6.02. The SMILES string of the molecule is CCCC(CCC)Nc1ccc(Cl)nc1. The van der Waals surface area contributed by atoms with Gasteiger partial charge in [-0.2, -0.15) is 0 Å². The molecule has 0 saturated heterocycles. The molecule has 0 radical (unpaired) electrons. The maximum Gasteiger partial charge on any atom is 0.129 e. The molecule has 0 bridgehead atoms. The van der Waals surface area contributed by atoms with Crippen molar-refractivity contribution in [2.75, 3.05) is 5.32 Å². The molecule has 3 heteroatoms. The third-order valence-corrected chi connectivity index (χ3v) is 2.60. The molecule has 0 aliphatic rings. The van der Waals surface area contributed by atoms with Crippen molar-refractivity contribution < 1.29 is 0 Å². The molecule has 0 spiro atoms. The molecule has 0 fully saturated rings. The first kappa shape index (κ1) is 12.3. The minimum atomic E-state index is 0.545. The first-order chi connectivity index (χ1) is 7.26. The molecule has 2 nitrogen and oxygen atoms in total. The lowest BCUT2D eigenvalue weighted by Gasteiger charge is -2.18.